The molecule has 12 heavy (non-hydrogen) atoms. The molecule has 0 atom stereocenters. The van der Waals surface area contributed by atoms with Crippen molar-refractivity contribution in [1.29, 1.82) is 0 Å². The van der Waals surface area contributed by atoms with Crippen LogP contribution in [0.4, 0.5) is 0 Å². The Morgan fingerprint density at radius 1 is 0.917 bits per heavy atom. The standard InChI is InChI=1S/2C4H9.C2H6N.Al/c2*1-3-4-2;1-3-2;/h2*1,3-4H2,2H3;1-2H3;/q;;-1;+1. The Labute approximate surface area is 82.8 Å². The van der Waals surface area contributed by atoms with Gasteiger partial charge in [0.25, 0.3) is 0 Å². The molecule has 1 nitrogen and oxygen atoms in total. The molecule has 0 aliphatic heterocycles. The molecule has 0 aromatic carbocycles. The lowest BCUT2D eigenvalue weighted by Gasteiger charge is -2.18. The minimum Gasteiger partial charge on any atom is -0.390 e. The van der Waals surface area contributed by atoms with Crippen molar-refractivity contribution < 1.29 is 0 Å². The third kappa shape index (κ3) is 6.06. The maximum atomic E-state index is 2.52. The van der Waals surface area contributed by atoms with Crippen molar-refractivity contribution in [2.45, 2.75) is 50.1 Å². The molecular formula is C10H24AlN. The van der Waals surface area contributed by atoms with Crippen molar-refractivity contribution in [3.05, 3.63) is 0 Å². The van der Waals surface area contributed by atoms with Crippen LogP contribution in [0, 0.1) is 0 Å². The normalized spacial score (nSPS) is 10.8. The van der Waals surface area contributed by atoms with Crippen LogP contribution in [0.2, 0.25) is 10.6 Å². The van der Waals surface area contributed by atoms with Crippen LogP contribution < -0.4 is 0 Å². The summed E-state index contributed by atoms with van der Waals surface area (Å²) in [5, 5.41) is 3.03. The molecule has 0 saturated carbocycles. The van der Waals surface area contributed by atoms with Crippen LogP contribution in [0.3, 0.4) is 0 Å². The summed E-state index contributed by atoms with van der Waals surface area (Å²) in [4.78, 5) is 0. The molecule has 0 rings (SSSR count). The lowest BCUT2D eigenvalue weighted by atomic mass is 10.4. The first-order valence-corrected chi connectivity index (χ1v) is 7.53. The first kappa shape index (κ1) is 12.5. The van der Waals surface area contributed by atoms with E-state index in [-0.39, 0.29) is 0 Å². The molecule has 0 saturated heterocycles. The Balaban J connectivity index is 3.55. The van der Waals surface area contributed by atoms with Crippen molar-refractivity contribution in [3.8, 4) is 0 Å². The van der Waals surface area contributed by atoms with Gasteiger partial charge in [-0.15, -0.1) is 0 Å². The molecule has 2 heteroatoms. The SMILES string of the molecule is CCC[CH2][Al]([CH2]CCC)[N](C)C. The fourth-order valence-electron chi connectivity index (χ4n) is 1.54. The van der Waals surface area contributed by atoms with Crippen LogP contribution in [-0.4, -0.2) is 32.3 Å². The topological polar surface area (TPSA) is 3.24 Å². The highest BCUT2D eigenvalue weighted by Crippen LogP contribution is 2.11. The van der Waals surface area contributed by atoms with Gasteiger partial charge in [0.1, 0.15) is 0 Å². The van der Waals surface area contributed by atoms with E-state index in [0.717, 1.165) is 0 Å². The fraction of sp³-hybridized carbons (Fsp3) is 1.00. The number of nitrogens with zero attached hydrogens (tertiary/aromatic N) is 1. The minimum absolute atomic E-state index is 0.509. The summed E-state index contributed by atoms with van der Waals surface area (Å²) >= 11 is -0.509. The molecule has 0 aromatic heterocycles. The molecule has 72 valence electrons. The van der Waals surface area contributed by atoms with Crippen molar-refractivity contribution in [2.24, 2.45) is 0 Å². The van der Waals surface area contributed by atoms with E-state index in [1.165, 1.54) is 36.2 Å². The van der Waals surface area contributed by atoms with E-state index >= 15 is 0 Å². The Kier molecular flexibility index (Phi) is 8.44. The summed E-state index contributed by atoms with van der Waals surface area (Å²) < 4.78 is 2.52. The lowest BCUT2D eigenvalue weighted by Crippen LogP contribution is -2.32. The largest absolute Gasteiger partial charge is 0.390 e. The molecule has 0 spiro atoms. The van der Waals surface area contributed by atoms with Gasteiger partial charge in [0.2, 0.25) is 0 Å². The summed E-state index contributed by atoms with van der Waals surface area (Å²) in [6.45, 7) is 4.59. The van der Waals surface area contributed by atoms with Gasteiger partial charge >= 0.3 is 14.4 Å². The van der Waals surface area contributed by atoms with Gasteiger partial charge in [0, 0.05) is 0 Å². The van der Waals surface area contributed by atoms with Crippen LogP contribution >= 0.6 is 0 Å². The van der Waals surface area contributed by atoms with E-state index in [0.29, 0.717) is 0 Å². The zero-order chi connectivity index (χ0) is 9.40. The first-order valence-electron chi connectivity index (χ1n) is 5.38. The van der Waals surface area contributed by atoms with E-state index < -0.39 is 14.4 Å². The van der Waals surface area contributed by atoms with Crippen LogP contribution in [0.5, 0.6) is 0 Å². The predicted molar refractivity (Wildman–Crippen MR) is 58.9 cm³/mol. The zero-order valence-electron chi connectivity index (χ0n) is 9.27. The van der Waals surface area contributed by atoms with Gasteiger partial charge in [-0.25, -0.2) is 0 Å². The first-order chi connectivity index (χ1) is 5.72. The smallest absolute Gasteiger partial charge is 0.372 e. The van der Waals surface area contributed by atoms with Crippen molar-refractivity contribution in [3.63, 3.8) is 0 Å². The monoisotopic (exact) mass is 185 g/mol. The van der Waals surface area contributed by atoms with Crippen molar-refractivity contribution >= 4 is 14.4 Å². The number of unbranched alkanes of at least 4 members (excludes halogenated alkanes) is 2. The van der Waals surface area contributed by atoms with Gasteiger partial charge in [-0.2, -0.15) is 0 Å². The maximum Gasteiger partial charge on any atom is 0.372 e. The molecular weight excluding hydrogens is 161 g/mol. The highest BCUT2D eigenvalue weighted by molar-refractivity contribution is 6.55. The van der Waals surface area contributed by atoms with Crippen molar-refractivity contribution in [2.75, 3.05) is 14.1 Å². The second-order valence-corrected chi connectivity index (χ2v) is 7.40. The van der Waals surface area contributed by atoms with Gasteiger partial charge in [0.15, 0.2) is 0 Å². The summed E-state index contributed by atoms with van der Waals surface area (Å²) in [6.07, 6.45) is 5.62. The fourth-order valence-corrected chi connectivity index (χ4v) is 4.62. The average molecular weight is 185 g/mol. The third-order valence-corrected chi connectivity index (χ3v) is 6.12. The molecule has 0 aliphatic carbocycles. The quantitative estimate of drug-likeness (QED) is 0.551. The number of hydrogen-bond donors (Lipinski definition) is 0. The van der Waals surface area contributed by atoms with E-state index in [1.807, 2.05) is 0 Å². The number of hydrogen-bond acceptors (Lipinski definition) is 1. The molecule has 0 amide bonds. The molecule has 0 fully saturated rings. The van der Waals surface area contributed by atoms with Crippen LogP contribution in [0.1, 0.15) is 39.5 Å². The van der Waals surface area contributed by atoms with Crippen LogP contribution in [-0.2, 0) is 0 Å². The molecule has 0 radical (unpaired) electrons. The number of rotatable bonds is 7. The Hall–Kier alpha value is 0.492. The molecule has 0 heterocycles. The van der Waals surface area contributed by atoms with Crippen molar-refractivity contribution in [1.82, 2.24) is 3.88 Å². The van der Waals surface area contributed by atoms with E-state index in [4.69, 9.17) is 0 Å². The third-order valence-electron chi connectivity index (χ3n) is 2.51. The lowest BCUT2D eigenvalue weighted by molar-refractivity contribution is 0.617. The molecule has 0 aliphatic rings. The summed E-state index contributed by atoms with van der Waals surface area (Å²) in [6, 6.07) is 0. The van der Waals surface area contributed by atoms with E-state index in [1.54, 1.807) is 0 Å². The highest BCUT2D eigenvalue weighted by atomic mass is 27.2. The maximum absolute atomic E-state index is 2.52. The Morgan fingerprint density at radius 2 is 1.33 bits per heavy atom. The van der Waals surface area contributed by atoms with Gasteiger partial charge in [-0.05, 0) is 14.1 Å². The van der Waals surface area contributed by atoms with E-state index in [2.05, 4.69) is 31.8 Å². The average Bonchev–Trinajstić information content (AvgIpc) is 2.04. The second kappa shape index (κ2) is 8.11. The highest BCUT2D eigenvalue weighted by Gasteiger charge is 2.18. The van der Waals surface area contributed by atoms with E-state index in [9.17, 15) is 0 Å². The molecule has 0 N–H and O–H groups in total. The molecule has 0 unspecified atom stereocenters. The zero-order valence-corrected chi connectivity index (χ0v) is 10.4. The molecule has 0 aromatic rings. The van der Waals surface area contributed by atoms with Gasteiger partial charge in [-0.1, -0.05) is 50.1 Å². The van der Waals surface area contributed by atoms with Gasteiger partial charge in [-0.3, -0.25) is 0 Å². The summed E-state index contributed by atoms with van der Waals surface area (Å²) in [5.74, 6) is 0. The second-order valence-electron chi connectivity index (χ2n) is 3.90. The van der Waals surface area contributed by atoms with Crippen LogP contribution in [0.15, 0.2) is 0 Å². The summed E-state index contributed by atoms with van der Waals surface area (Å²) in [5.41, 5.74) is 0. The Morgan fingerprint density at radius 3 is 1.58 bits per heavy atom. The van der Waals surface area contributed by atoms with Crippen LogP contribution in [0.25, 0.3) is 0 Å². The van der Waals surface area contributed by atoms with Gasteiger partial charge in [0.05, 0.1) is 0 Å². The minimum atomic E-state index is -0.509. The predicted octanol–water partition coefficient (Wildman–Crippen LogP) is 3.14. The molecule has 0 bridgehead atoms. The van der Waals surface area contributed by atoms with Gasteiger partial charge < -0.3 is 3.88 Å². The summed E-state index contributed by atoms with van der Waals surface area (Å²) in [7, 11) is 4.53. The Bertz CT molecular complexity index is 85.8.